The minimum atomic E-state index is -3.63. The Labute approximate surface area is 165 Å². The van der Waals surface area contributed by atoms with Gasteiger partial charge in [0.15, 0.2) is 0 Å². The first-order chi connectivity index (χ1) is 13.3. The van der Waals surface area contributed by atoms with Crippen LogP contribution in [-0.2, 0) is 14.8 Å². The smallest absolute Gasteiger partial charge is 0.255 e. The highest BCUT2D eigenvalue weighted by atomic mass is 32.2. The monoisotopic (exact) mass is 404 g/mol. The molecule has 2 aromatic carbocycles. The lowest BCUT2D eigenvalue weighted by Crippen LogP contribution is -2.48. The summed E-state index contributed by atoms with van der Waals surface area (Å²) in [6.07, 6.45) is -0.321. The topological polar surface area (TPSA) is 84.9 Å². The molecule has 1 amide bonds. The van der Waals surface area contributed by atoms with Gasteiger partial charge in [0.25, 0.3) is 5.91 Å². The number of hydrogen-bond acceptors (Lipinski definition) is 5. The summed E-state index contributed by atoms with van der Waals surface area (Å²) in [5.74, 6) is 0.305. The van der Waals surface area contributed by atoms with E-state index in [0.29, 0.717) is 30.1 Å². The Morgan fingerprint density at radius 2 is 1.75 bits per heavy atom. The molecular formula is C20H24N2O5S. The maximum Gasteiger partial charge on any atom is 0.255 e. The fraction of sp³-hybridized carbons (Fsp3) is 0.350. The zero-order chi connectivity index (χ0) is 20.3. The minimum Gasteiger partial charge on any atom is -0.497 e. The molecule has 1 aliphatic heterocycles. The van der Waals surface area contributed by atoms with Crippen molar-refractivity contribution in [3.8, 4) is 5.75 Å². The molecule has 1 saturated heterocycles. The lowest BCUT2D eigenvalue weighted by Gasteiger charge is -2.34. The number of methoxy groups -OCH3 is 1. The molecule has 0 aliphatic carbocycles. The number of nitrogens with zero attached hydrogens (tertiary/aromatic N) is 1. The summed E-state index contributed by atoms with van der Waals surface area (Å²) in [5, 5.41) is 2.77. The Balaban J connectivity index is 1.74. The first-order valence-electron chi connectivity index (χ1n) is 9.00. The third-order valence-electron chi connectivity index (χ3n) is 4.47. The van der Waals surface area contributed by atoms with Crippen LogP contribution in [0, 0.1) is 0 Å². The van der Waals surface area contributed by atoms with Gasteiger partial charge in [-0.15, -0.1) is 0 Å². The van der Waals surface area contributed by atoms with Gasteiger partial charge < -0.3 is 14.8 Å². The van der Waals surface area contributed by atoms with Gasteiger partial charge in [0.05, 0.1) is 24.2 Å². The van der Waals surface area contributed by atoms with Crippen LogP contribution in [-0.4, -0.2) is 51.0 Å². The van der Waals surface area contributed by atoms with E-state index in [1.807, 2.05) is 13.8 Å². The highest BCUT2D eigenvalue weighted by Gasteiger charge is 2.32. The predicted octanol–water partition coefficient (Wildman–Crippen LogP) is 2.75. The number of amides is 1. The van der Waals surface area contributed by atoms with Crippen molar-refractivity contribution in [3.63, 3.8) is 0 Å². The second-order valence-electron chi connectivity index (χ2n) is 6.79. The molecule has 0 saturated carbocycles. The first-order valence-corrected chi connectivity index (χ1v) is 10.4. The maximum atomic E-state index is 12.9. The average Bonchev–Trinajstić information content (AvgIpc) is 2.67. The summed E-state index contributed by atoms with van der Waals surface area (Å²) in [7, 11) is -2.08. The number of benzene rings is 2. The zero-order valence-corrected chi connectivity index (χ0v) is 16.9. The van der Waals surface area contributed by atoms with Crippen molar-refractivity contribution in [2.45, 2.75) is 31.0 Å². The van der Waals surface area contributed by atoms with Crippen molar-refractivity contribution in [3.05, 3.63) is 54.1 Å². The molecule has 0 aromatic heterocycles. The van der Waals surface area contributed by atoms with E-state index >= 15 is 0 Å². The Kier molecular flexibility index (Phi) is 6.02. The summed E-state index contributed by atoms with van der Waals surface area (Å²) < 4.78 is 37.9. The summed E-state index contributed by atoms with van der Waals surface area (Å²) in [6, 6.07) is 12.9. The Hall–Kier alpha value is -2.42. The van der Waals surface area contributed by atoms with Gasteiger partial charge in [-0.3, -0.25) is 4.79 Å². The third kappa shape index (κ3) is 4.52. The van der Waals surface area contributed by atoms with Crippen molar-refractivity contribution < 1.29 is 22.7 Å². The van der Waals surface area contributed by atoms with E-state index in [4.69, 9.17) is 9.47 Å². The van der Waals surface area contributed by atoms with Crippen LogP contribution < -0.4 is 10.1 Å². The molecule has 150 valence electrons. The van der Waals surface area contributed by atoms with Crippen molar-refractivity contribution in [1.82, 2.24) is 4.31 Å². The molecule has 1 aliphatic rings. The van der Waals surface area contributed by atoms with Crippen LogP contribution in [0.1, 0.15) is 24.2 Å². The van der Waals surface area contributed by atoms with Gasteiger partial charge >= 0.3 is 0 Å². The van der Waals surface area contributed by atoms with Crippen LogP contribution in [0.3, 0.4) is 0 Å². The molecule has 2 atom stereocenters. The zero-order valence-electron chi connectivity index (χ0n) is 16.1. The molecule has 0 radical (unpaired) electrons. The van der Waals surface area contributed by atoms with Crippen LogP contribution in [0.4, 0.5) is 5.69 Å². The number of rotatable bonds is 5. The molecule has 0 spiro atoms. The number of anilines is 1. The van der Waals surface area contributed by atoms with Gasteiger partial charge in [-0.05, 0) is 50.2 Å². The molecule has 1 fully saturated rings. The van der Waals surface area contributed by atoms with Gasteiger partial charge in [0, 0.05) is 30.4 Å². The first kappa shape index (κ1) is 20.3. The van der Waals surface area contributed by atoms with Crippen LogP contribution >= 0.6 is 0 Å². The molecule has 7 nitrogen and oxygen atoms in total. The number of hydrogen-bond donors (Lipinski definition) is 1. The summed E-state index contributed by atoms with van der Waals surface area (Å²) in [5.41, 5.74) is 0.961. The predicted molar refractivity (Wildman–Crippen MR) is 106 cm³/mol. The molecule has 2 aromatic rings. The molecule has 0 bridgehead atoms. The van der Waals surface area contributed by atoms with Crippen LogP contribution in [0.25, 0.3) is 0 Å². The number of nitrogens with one attached hydrogen (secondary N) is 1. The van der Waals surface area contributed by atoms with Gasteiger partial charge in [0.1, 0.15) is 5.75 Å². The van der Waals surface area contributed by atoms with Crippen molar-refractivity contribution in [1.29, 1.82) is 0 Å². The molecule has 8 heteroatoms. The molecule has 3 rings (SSSR count). The quantitative estimate of drug-likeness (QED) is 0.828. The van der Waals surface area contributed by atoms with Gasteiger partial charge in [-0.1, -0.05) is 6.07 Å². The molecule has 1 heterocycles. The Morgan fingerprint density at radius 1 is 1.11 bits per heavy atom. The normalized spacial score (nSPS) is 20.5. The SMILES string of the molecule is COc1cccc(NC(=O)c2ccc(S(=O)(=O)N3C[C@@H](C)O[C@@H](C)C3)cc2)c1. The van der Waals surface area contributed by atoms with Crippen LogP contribution in [0.5, 0.6) is 5.75 Å². The summed E-state index contributed by atoms with van der Waals surface area (Å²) in [4.78, 5) is 12.6. The number of carbonyl (C=O) groups is 1. The largest absolute Gasteiger partial charge is 0.497 e. The van der Waals surface area contributed by atoms with Gasteiger partial charge in [-0.25, -0.2) is 8.42 Å². The van der Waals surface area contributed by atoms with E-state index in [2.05, 4.69) is 5.32 Å². The van der Waals surface area contributed by atoms with Crippen LogP contribution in [0.2, 0.25) is 0 Å². The standard InChI is InChI=1S/C20H24N2O5S/c1-14-12-22(13-15(2)27-14)28(24,25)19-9-7-16(8-10-19)20(23)21-17-5-4-6-18(11-17)26-3/h4-11,14-15H,12-13H2,1-3H3,(H,21,23)/t14-,15+. The third-order valence-corrected chi connectivity index (χ3v) is 6.31. The van der Waals surface area contributed by atoms with Crippen LogP contribution in [0.15, 0.2) is 53.4 Å². The highest BCUT2D eigenvalue weighted by molar-refractivity contribution is 7.89. The summed E-state index contributed by atoms with van der Waals surface area (Å²) >= 11 is 0. The fourth-order valence-electron chi connectivity index (χ4n) is 3.16. The van der Waals surface area contributed by atoms with E-state index in [-0.39, 0.29) is 23.0 Å². The summed E-state index contributed by atoms with van der Waals surface area (Å²) in [6.45, 7) is 4.32. The van der Waals surface area contributed by atoms with E-state index < -0.39 is 10.0 Å². The fourth-order valence-corrected chi connectivity index (χ4v) is 4.75. The van der Waals surface area contributed by atoms with Gasteiger partial charge in [0.2, 0.25) is 10.0 Å². The molecule has 0 unspecified atom stereocenters. The lowest BCUT2D eigenvalue weighted by atomic mass is 10.2. The Bertz CT molecular complexity index is 933. The minimum absolute atomic E-state index is 0.159. The van der Waals surface area contributed by atoms with E-state index in [0.717, 1.165) is 0 Å². The second kappa shape index (κ2) is 8.30. The maximum absolute atomic E-state index is 12.9. The average molecular weight is 404 g/mol. The van der Waals surface area contributed by atoms with E-state index in [1.54, 1.807) is 31.4 Å². The van der Waals surface area contributed by atoms with Crippen molar-refractivity contribution in [2.24, 2.45) is 0 Å². The van der Waals surface area contributed by atoms with Crippen molar-refractivity contribution in [2.75, 3.05) is 25.5 Å². The van der Waals surface area contributed by atoms with Crippen molar-refractivity contribution >= 4 is 21.6 Å². The second-order valence-corrected chi connectivity index (χ2v) is 8.73. The van der Waals surface area contributed by atoms with E-state index in [9.17, 15) is 13.2 Å². The lowest BCUT2D eigenvalue weighted by molar-refractivity contribution is -0.0440. The molecular weight excluding hydrogens is 380 g/mol. The highest BCUT2D eigenvalue weighted by Crippen LogP contribution is 2.22. The van der Waals surface area contributed by atoms with E-state index in [1.165, 1.54) is 28.6 Å². The number of sulfonamides is 1. The Morgan fingerprint density at radius 3 is 2.36 bits per heavy atom. The number of carbonyl (C=O) groups excluding carboxylic acids is 1. The molecule has 28 heavy (non-hydrogen) atoms. The number of ether oxygens (including phenoxy) is 2. The van der Waals surface area contributed by atoms with Gasteiger partial charge in [-0.2, -0.15) is 4.31 Å². The molecule has 1 N–H and O–H groups in total. The number of morpholine rings is 1.